The Morgan fingerprint density at radius 3 is 2.10 bits per heavy atom. The average Bonchev–Trinajstić information content (AvgIpc) is 2.78. The predicted octanol–water partition coefficient (Wildman–Crippen LogP) is 3.79. The summed E-state index contributed by atoms with van der Waals surface area (Å²) in [5.74, 6) is -0.125. The number of hydrogen-bond acceptors (Lipinski definition) is 4. The molecule has 0 atom stereocenters. The van der Waals surface area contributed by atoms with Crippen molar-refractivity contribution < 1.29 is 17.9 Å². The van der Waals surface area contributed by atoms with Crippen LogP contribution in [0, 0.1) is 0 Å². The van der Waals surface area contributed by atoms with E-state index in [0.29, 0.717) is 5.69 Å². The first-order valence-corrected chi connectivity index (χ1v) is 10.8. The van der Waals surface area contributed by atoms with Gasteiger partial charge in [-0.25, -0.2) is 8.42 Å². The third kappa shape index (κ3) is 4.53. The third-order valence-corrected chi connectivity index (χ3v) is 6.62. The van der Waals surface area contributed by atoms with E-state index >= 15 is 0 Å². The van der Waals surface area contributed by atoms with Crippen LogP contribution in [0.2, 0.25) is 0 Å². The first kappa shape index (κ1) is 21.5. The standard InChI is InChI=1S/C23H24N2O4S/c1-24(17-18-10-6-4-7-11-18)30(27,28)22-16-19(14-15-21(22)29-3)23(26)25(2)20-12-8-5-9-13-20/h4-16H,17H2,1-3H3. The van der Waals surface area contributed by atoms with Crippen molar-refractivity contribution >= 4 is 21.6 Å². The van der Waals surface area contributed by atoms with Gasteiger partial charge in [-0.15, -0.1) is 0 Å². The molecule has 3 aromatic rings. The van der Waals surface area contributed by atoms with Gasteiger partial charge in [0.05, 0.1) is 7.11 Å². The Balaban J connectivity index is 1.95. The maximum atomic E-state index is 13.3. The van der Waals surface area contributed by atoms with E-state index in [9.17, 15) is 13.2 Å². The first-order chi connectivity index (χ1) is 14.3. The Morgan fingerprint density at radius 2 is 1.50 bits per heavy atom. The molecule has 0 aliphatic carbocycles. The minimum atomic E-state index is -3.89. The molecule has 0 heterocycles. The second kappa shape index (κ2) is 9.11. The van der Waals surface area contributed by atoms with Crippen LogP contribution in [-0.2, 0) is 16.6 Å². The molecule has 7 heteroatoms. The van der Waals surface area contributed by atoms with Gasteiger partial charge in [0.15, 0.2) is 0 Å². The highest BCUT2D eigenvalue weighted by molar-refractivity contribution is 7.89. The van der Waals surface area contributed by atoms with Gasteiger partial charge in [-0.1, -0.05) is 48.5 Å². The summed E-state index contributed by atoms with van der Waals surface area (Å²) in [6.07, 6.45) is 0. The summed E-state index contributed by atoms with van der Waals surface area (Å²) in [6.45, 7) is 0.203. The summed E-state index contributed by atoms with van der Waals surface area (Å²) >= 11 is 0. The van der Waals surface area contributed by atoms with E-state index in [1.54, 1.807) is 13.1 Å². The Kier molecular flexibility index (Phi) is 6.54. The van der Waals surface area contributed by atoms with Crippen LogP contribution >= 0.6 is 0 Å². The van der Waals surface area contributed by atoms with Crippen molar-refractivity contribution in [1.29, 1.82) is 0 Å². The van der Waals surface area contributed by atoms with Gasteiger partial charge in [0.2, 0.25) is 10.0 Å². The number of anilines is 1. The number of sulfonamides is 1. The highest BCUT2D eigenvalue weighted by Gasteiger charge is 2.27. The topological polar surface area (TPSA) is 66.9 Å². The summed E-state index contributed by atoms with van der Waals surface area (Å²) in [5.41, 5.74) is 1.83. The SMILES string of the molecule is COc1ccc(C(=O)N(C)c2ccccc2)cc1S(=O)(=O)N(C)Cc1ccccc1. The fourth-order valence-electron chi connectivity index (χ4n) is 3.07. The number of hydrogen-bond donors (Lipinski definition) is 0. The molecule has 0 N–H and O–H groups in total. The normalized spacial score (nSPS) is 11.3. The van der Waals surface area contributed by atoms with Crippen LogP contribution in [-0.4, -0.2) is 39.8 Å². The number of ether oxygens (including phenoxy) is 1. The molecule has 156 valence electrons. The van der Waals surface area contributed by atoms with E-state index in [1.807, 2.05) is 60.7 Å². The summed E-state index contributed by atoms with van der Waals surface area (Å²) < 4.78 is 33.0. The summed E-state index contributed by atoms with van der Waals surface area (Å²) in [4.78, 5) is 14.4. The fraction of sp³-hybridized carbons (Fsp3) is 0.174. The molecule has 3 aromatic carbocycles. The fourth-order valence-corrected chi connectivity index (χ4v) is 4.40. The van der Waals surface area contributed by atoms with Gasteiger partial charge in [0.1, 0.15) is 10.6 Å². The largest absolute Gasteiger partial charge is 0.495 e. The summed E-state index contributed by atoms with van der Waals surface area (Å²) in [7, 11) is 0.674. The van der Waals surface area contributed by atoms with E-state index in [2.05, 4.69) is 0 Å². The van der Waals surface area contributed by atoms with E-state index in [0.717, 1.165) is 5.56 Å². The highest BCUT2D eigenvalue weighted by atomic mass is 32.2. The van der Waals surface area contributed by atoms with Gasteiger partial charge in [-0.2, -0.15) is 4.31 Å². The molecule has 30 heavy (non-hydrogen) atoms. The molecular formula is C23H24N2O4S. The van der Waals surface area contributed by atoms with Crippen LogP contribution in [0.4, 0.5) is 5.69 Å². The quantitative estimate of drug-likeness (QED) is 0.579. The van der Waals surface area contributed by atoms with Crippen LogP contribution in [0.15, 0.2) is 83.8 Å². The lowest BCUT2D eigenvalue weighted by atomic mass is 10.2. The van der Waals surface area contributed by atoms with Crippen molar-refractivity contribution in [3.8, 4) is 5.75 Å². The number of carbonyl (C=O) groups excluding carboxylic acids is 1. The maximum absolute atomic E-state index is 13.3. The van der Waals surface area contributed by atoms with Crippen molar-refractivity contribution in [3.63, 3.8) is 0 Å². The van der Waals surface area contributed by atoms with E-state index < -0.39 is 10.0 Å². The number of para-hydroxylation sites is 1. The number of nitrogens with zero attached hydrogens (tertiary/aromatic N) is 2. The van der Waals surface area contributed by atoms with Gasteiger partial charge in [0, 0.05) is 31.9 Å². The Hall–Kier alpha value is -3.16. The molecule has 0 aliphatic heterocycles. The lowest BCUT2D eigenvalue weighted by Crippen LogP contribution is -2.29. The molecule has 6 nitrogen and oxygen atoms in total. The second-order valence-corrected chi connectivity index (χ2v) is 8.83. The van der Waals surface area contributed by atoms with Gasteiger partial charge in [-0.05, 0) is 35.9 Å². The minimum Gasteiger partial charge on any atom is -0.495 e. The Morgan fingerprint density at radius 1 is 0.900 bits per heavy atom. The van der Waals surface area contributed by atoms with Gasteiger partial charge in [-0.3, -0.25) is 4.79 Å². The van der Waals surface area contributed by atoms with Crippen LogP contribution in [0.1, 0.15) is 15.9 Å². The van der Waals surface area contributed by atoms with Crippen molar-refractivity contribution in [3.05, 3.63) is 90.0 Å². The van der Waals surface area contributed by atoms with Crippen molar-refractivity contribution in [2.45, 2.75) is 11.4 Å². The highest BCUT2D eigenvalue weighted by Crippen LogP contribution is 2.29. The van der Waals surface area contributed by atoms with Gasteiger partial charge < -0.3 is 9.64 Å². The maximum Gasteiger partial charge on any atom is 0.258 e. The number of methoxy groups -OCH3 is 1. The smallest absolute Gasteiger partial charge is 0.258 e. The molecule has 0 radical (unpaired) electrons. The zero-order valence-corrected chi connectivity index (χ0v) is 18.0. The Bertz CT molecular complexity index is 1120. The number of carbonyl (C=O) groups is 1. The molecule has 1 amide bonds. The molecule has 0 fully saturated rings. The minimum absolute atomic E-state index is 0.0456. The van der Waals surface area contributed by atoms with Gasteiger partial charge >= 0.3 is 0 Å². The van der Waals surface area contributed by atoms with Crippen molar-refractivity contribution in [2.24, 2.45) is 0 Å². The third-order valence-electron chi connectivity index (χ3n) is 4.79. The summed E-state index contributed by atoms with van der Waals surface area (Å²) in [5, 5.41) is 0. The van der Waals surface area contributed by atoms with Gasteiger partial charge in [0.25, 0.3) is 5.91 Å². The van der Waals surface area contributed by atoms with Crippen molar-refractivity contribution in [2.75, 3.05) is 26.1 Å². The average molecular weight is 425 g/mol. The molecule has 0 bridgehead atoms. The van der Waals surface area contributed by atoms with Crippen LogP contribution in [0.3, 0.4) is 0 Å². The van der Waals surface area contributed by atoms with E-state index in [1.165, 1.54) is 35.5 Å². The molecule has 3 rings (SSSR count). The number of amides is 1. The van der Waals surface area contributed by atoms with Crippen LogP contribution in [0.25, 0.3) is 0 Å². The number of benzene rings is 3. The van der Waals surface area contributed by atoms with Crippen molar-refractivity contribution in [1.82, 2.24) is 4.31 Å². The first-order valence-electron chi connectivity index (χ1n) is 9.36. The molecule has 0 saturated heterocycles. The predicted molar refractivity (Wildman–Crippen MR) is 117 cm³/mol. The number of rotatable bonds is 7. The lowest BCUT2D eigenvalue weighted by molar-refractivity contribution is 0.0992. The van der Waals surface area contributed by atoms with Crippen LogP contribution in [0.5, 0.6) is 5.75 Å². The zero-order chi connectivity index (χ0) is 21.7. The van der Waals surface area contributed by atoms with E-state index in [-0.39, 0.29) is 28.7 Å². The van der Waals surface area contributed by atoms with Crippen LogP contribution < -0.4 is 9.64 Å². The Labute approximate surface area is 177 Å². The molecular weight excluding hydrogens is 400 g/mol. The zero-order valence-electron chi connectivity index (χ0n) is 17.1. The van der Waals surface area contributed by atoms with E-state index in [4.69, 9.17) is 4.74 Å². The second-order valence-electron chi connectivity index (χ2n) is 6.81. The molecule has 0 spiro atoms. The summed E-state index contributed by atoms with van der Waals surface area (Å²) in [6, 6.07) is 22.9. The molecule has 0 unspecified atom stereocenters. The lowest BCUT2D eigenvalue weighted by Gasteiger charge is -2.21. The molecule has 0 aliphatic rings. The monoisotopic (exact) mass is 424 g/mol. The molecule has 0 aromatic heterocycles. The molecule has 0 saturated carbocycles.